The average Bonchev–Trinajstić information content (AvgIpc) is 3.27. The van der Waals surface area contributed by atoms with E-state index in [1.54, 1.807) is 0 Å². The average molecular weight is 897 g/mol. The lowest BCUT2D eigenvalue weighted by Gasteiger charge is -2.27. The standard InChI is InChI=1S/C39H36N4O21/c1-55-36(51)59-24-11-6-9-22-28(24)62-34(49)42(32(22)47)18-15-40(16-19-43-33(48)23-10-7-12-25(60-37(52)56-2)29(23)63-35(43)50)14-17-41(20-27(44)45)31(46)21-8-5-13-26(61-38(53)57-3)30(21)64-39(54)58-4/h5-13H,14-20H2,1-4H3,(H,44,45). The predicted molar refractivity (Wildman–Crippen MR) is 212 cm³/mol. The van der Waals surface area contributed by atoms with Gasteiger partial charge in [-0.05, 0) is 36.4 Å². The molecule has 3 aromatic carbocycles. The van der Waals surface area contributed by atoms with Crippen molar-refractivity contribution in [3.05, 3.63) is 102 Å². The fraction of sp³-hybridized carbons (Fsp3) is 0.282. The van der Waals surface area contributed by atoms with Crippen LogP contribution in [0, 0.1) is 0 Å². The highest BCUT2D eigenvalue weighted by Gasteiger charge is 2.28. The lowest BCUT2D eigenvalue weighted by Crippen LogP contribution is -2.45. The summed E-state index contributed by atoms with van der Waals surface area (Å²) in [4.78, 5) is 130. The van der Waals surface area contributed by atoms with Crippen molar-refractivity contribution in [3.8, 4) is 23.0 Å². The molecule has 25 nitrogen and oxygen atoms in total. The van der Waals surface area contributed by atoms with Gasteiger partial charge in [-0.3, -0.25) is 24.1 Å². The molecule has 25 heteroatoms. The zero-order valence-electron chi connectivity index (χ0n) is 34.0. The van der Waals surface area contributed by atoms with E-state index in [-0.39, 0.29) is 53.1 Å². The lowest BCUT2D eigenvalue weighted by atomic mass is 10.1. The van der Waals surface area contributed by atoms with Gasteiger partial charge in [0.25, 0.3) is 17.0 Å². The second-order valence-electron chi connectivity index (χ2n) is 12.7. The second-order valence-corrected chi connectivity index (χ2v) is 12.7. The molecule has 0 saturated heterocycles. The Labute approximate surface area is 356 Å². The number of benzene rings is 3. The molecule has 1 amide bonds. The predicted octanol–water partition coefficient (Wildman–Crippen LogP) is 2.03. The van der Waals surface area contributed by atoms with Gasteiger partial charge >= 0.3 is 42.1 Å². The van der Waals surface area contributed by atoms with Crippen LogP contribution in [-0.2, 0) is 36.8 Å². The van der Waals surface area contributed by atoms with E-state index in [1.807, 2.05) is 0 Å². The Morgan fingerprint density at radius 2 is 0.984 bits per heavy atom. The van der Waals surface area contributed by atoms with Crippen LogP contribution in [0.3, 0.4) is 0 Å². The number of carbonyl (C=O) groups excluding carboxylic acids is 5. The normalized spacial score (nSPS) is 10.8. The van der Waals surface area contributed by atoms with Gasteiger partial charge in [0.05, 0.1) is 44.8 Å². The van der Waals surface area contributed by atoms with Crippen LogP contribution in [0.4, 0.5) is 19.2 Å². The molecule has 0 unspecified atom stereocenters. The van der Waals surface area contributed by atoms with Crippen LogP contribution in [0.15, 0.2) is 82.6 Å². The first-order valence-electron chi connectivity index (χ1n) is 18.3. The first-order valence-corrected chi connectivity index (χ1v) is 18.3. The van der Waals surface area contributed by atoms with E-state index in [4.69, 9.17) is 27.8 Å². The van der Waals surface area contributed by atoms with Crippen molar-refractivity contribution in [1.29, 1.82) is 0 Å². The third-order valence-electron chi connectivity index (χ3n) is 8.95. The van der Waals surface area contributed by atoms with E-state index in [0.717, 1.165) is 45.5 Å². The third-order valence-corrected chi connectivity index (χ3v) is 8.95. The van der Waals surface area contributed by atoms with Crippen LogP contribution in [0.2, 0.25) is 0 Å². The number of hydrogen-bond acceptors (Lipinski definition) is 21. The minimum absolute atomic E-state index is 0.176. The van der Waals surface area contributed by atoms with Gasteiger partial charge in [-0.25, -0.2) is 37.9 Å². The fourth-order valence-electron chi connectivity index (χ4n) is 5.92. The van der Waals surface area contributed by atoms with Gasteiger partial charge in [-0.2, -0.15) is 0 Å². The number of nitrogens with zero attached hydrogens (tertiary/aromatic N) is 4. The summed E-state index contributed by atoms with van der Waals surface area (Å²) in [6, 6.07) is 11.3. The van der Waals surface area contributed by atoms with Crippen LogP contribution in [0.25, 0.3) is 21.9 Å². The van der Waals surface area contributed by atoms with E-state index in [0.29, 0.717) is 9.13 Å². The van der Waals surface area contributed by atoms with Gasteiger partial charge in [-0.1, -0.05) is 18.2 Å². The number of carbonyl (C=O) groups is 6. The van der Waals surface area contributed by atoms with Crippen molar-refractivity contribution in [3.63, 3.8) is 0 Å². The number of fused-ring (bicyclic) bond motifs is 2. The highest BCUT2D eigenvalue weighted by molar-refractivity contribution is 6.00. The molecule has 0 aliphatic heterocycles. The molecule has 0 bridgehead atoms. The van der Waals surface area contributed by atoms with Gasteiger partial charge in [-0.15, -0.1) is 0 Å². The highest BCUT2D eigenvalue weighted by atomic mass is 16.7. The molecule has 0 radical (unpaired) electrons. The summed E-state index contributed by atoms with van der Waals surface area (Å²) in [5.41, 5.74) is -2.96. The number of hydrogen-bond donors (Lipinski definition) is 1. The molecule has 2 aromatic heterocycles. The molecular weight excluding hydrogens is 860 g/mol. The Kier molecular flexibility index (Phi) is 15.2. The number of methoxy groups -OCH3 is 4. The molecule has 2 heterocycles. The summed E-state index contributed by atoms with van der Waals surface area (Å²) in [6.07, 6.45) is -4.92. The summed E-state index contributed by atoms with van der Waals surface area (Å²) in [5, 5.41) is 9.48. The maximum absolute atomic E-state index is 14.1. The van der Waals surface area contributed by atoms with E-state index in [2.05, 4.69) is 18.9 Å². The zero-order chi connectivity index (χ0) is 46.7. The summed E-state index contributed by atoms with van der Waals surface area (Å²) in [6.45, 7) is -3.13. The monoisotopic (exact) mass is 896 g/mol. The van der Waals surface area contributed by atoms with Crippen molar-refractivity contribution < 1.29 is 80.6 Å². The van der Waals surface area contributed by atoms with Crippen molar-refractivity contribution >= 4 is 58.4 Å². The Balaban J connectivity index is 1.51. The number of para-hydroxylation sites is 3. The fourth-order valence-corrected chi connectivity index (χ4v) is 5.92. The van der Waals surface area contributed by atoms with Crippen molar-refractivity contribution in [2.75, 3.05) is 61.2 Å². The molecule has 0 saturated carbocycles. The van der Waals surface area contributed by atoms with Gasteiger partial charge in [0, 0.05) is 39.3 Å². The lowest BCUT2D eigenvalue weighted by molar-refractivity contribution is -0.137. The molecule has 0 aliphatic carbocycles. The molecule has 5 rings (SSSR count). The van der Waals surface area contributed by atoms with Crippen molar-refractivity contribution in [2.24, 2.45) is 0 Å². The van der Waals surface area contributed by atoms with Gasteiger partial charge in [0.15, 0.2) is 34.2 Å². The van der Waals surface area contributed by atoms with E-state index in [9.17, 15) is 53.1 Å². The molecular formula is C39H36N4O21. The number of aromatic nitrogens is 2. The third kappa shape index (κ3) is 10.9. The number of amides is 1. The first kappa shape index (κ1) is 46.6. The van der Waals surface area contributed by atoms with Crippen molar-refractivity contribution in [2.45, 2.75) is 13.1 Å². The summed E-state index contributed by atoms with van der Waals surface area (Å²) >= 11 is 0. The largest absolute Gasteiger partial charge is 0.513 e. The van der Waals surface area contributed by atoms with Crippen LogP contribution in [0.1, 0.15) is 10.4 Å². The molecule has 338 valence electrons. The Hall–Kier alpha value is -8.48. The Morgan fingerprint density at radius 3 is 1.44 bits per heavy atom. The topological polar surface area (TPSA) is 307 Å². The number of carboxylic acids is 1. The number of rotatable bonds is 16. The Bertz CT molecular complexity index is 2730. The van der Waals surface area contributed by atoms with Crippen LogP contribution < -0.4 is 41.6 Å². The maximum atomic E-state index is 14.1. The van der Waals surface area contributed by atoms with E-state index >= 15 is 0 Å². The number of ether oxygens (including phenoxy) is 8. The van der Waals surface area contributed by atoms with Crippen LogP contribution in [0.5, 0.6) is 23.0 Å². The highest BCUT2D eigenvalue weighted by Crippen LogP contribution is 2.33. The van der Waals surface area contributed by atoms with E-state index in [1.165, 1.54) is 47.4 Å². The Morgan fingerprint density at radius 1 is 0.562 bits per heavy atom. The minimum atomic E-state index is -1.50. The smallest absolute Gasteiger partial charge is 0.480 e. The van der Waals surface area contributed by atoms with Gasteiger partial charge in [0.1, 0.15) is 6.54 Å². The summed E-state index contributed by atoms with van der Waals surface area (Å²) in [5.74, 6) is -6.64. The molecule has 64 heavy (non-hydrogen) atoms. The maximum Gasteiger partial charge on any atom is 0.513 e. The van der Waals surface area contributed by atoms with Crippen LogP contribution >= 0.6 is 0 Å². The molecule has 0 atom stereocenters. The number of aliphatic carboxylic acids is 1. The first-order chi connectivity index (χ1) is 30.6. The second kappa shape index (κ2) is 20.9. The SMILES string of the molecule is COC(=O)Oc1cccc(C(=O)N(CCN(CCn2c(=O)oc3c(OC(=O)OC)cccc3c2=O)CCn2c(=O)oc3c(OC(=O)OC)cccc3c2=O)CC(=O)O)c1OC(=O)OC. The molecule has 5 aromatic rings. The van der Waals surface area contributed by atoms with E-state index < -0.39 is 102 Å². The van der Waals surface area contributed by atoms with Crippen LogP contribution in [-0.4, -0.2) is 122 Å². The zero-order valence-corrected chi connectivity index (χ0v) is 34.0. The molecule has 1 N–H and O–H groups in total. The van der Waals surface area contributed by atoms with Crippen molar-refractivity contribution in [1.82, 2.24) is 18.9 Å². The summed E-state index contributed by atoms with van der Waals surface area (Å²) < 4.78 is 50.2. The summed E-state index contributed by atoms with van der Waals surface area (Å²) in [7, 11) is 4.02. The molecule has 0 aliphatic rings. The quantitative estimate of drug-likeness (QED) is 0.0841. The number of carboxylic acid groups (broad SMARTS) is 1. The minimum Gasteiger partial charge on any atom is -0.480 e. The molecule has 0 fully saturated rings. The molecule has 0 spiro atoms. The van der Waals surface area contributed by atoms with Gasteiger partial charge in [0.2, 0.25) is 0 Å². The van der Waals surface area contributed by atoms with Gasteiger partial charge < -0.3 is 56.7 Å².